The van der Waals surface area contributed by atoms with Crippen LogP contribution in [0.5, 0.6) is 0 Å². The van der Waals surface area contributed by atoms with E-state index in [0.29, 0.717) is 17.5 Å². The third kappa shape index (κ3) is 4.48. The fourth-order valence-corrected chi connectivity index (χ4v) is 4.93. The van der Waals surface area contributed by atoms with Gasteiger partial charge in [-0.1, -0.05) is 6.92 Å². The summed E-state index contributed by atoms with van der Waals surface area (Å²) in [6.07, 6.45) is 7.84. The maximum atomic E-state index is 13.7. The summed E-state index contributed by atoms with van der Waals surface area (Å²) in [5.74, 6) is 0.450. The first kappa shape index (κ1) is 21.9. The number of hydrogen-bond donors (Lipinski definition) is 2. The first-order chi connectivity index (χ1) is 16.0. The first-order valence-electron chi connectivity index (χ1n) is 11.7. The minimum atomic E-state index is -2.78. The Bertz CT molecular complexity index is 1130. The minimum absolute atomic E-state index is 0.0440. The quantitative estimate of drug-likeness (QED) is 0.595. The van der Waals surface area contributed by atoms with E-state index in [1.807, 2.05) is 6.07 Å². The highest BCUT2D eigenvalue weighted by Crippen LogP contribution is 2.34. The van der Waals surface area contributed by atoms with Gasteiger partial charge >= 0.3 is 0 Å². The average molecular weight is 458 g/mol. The van der Waals surface area contributed by atoms with E-state index in [0.717, 1.165) is 57.3 Å². The molecule has 2 aliphatic rings. The van der Waals surface area contributed by atoms with Crippen LogP contribution in [0.4, 0.5) is 14.5 Å². The van der Waals surface area contributed by atoms with E-state index >= 15 is 0 Å². The summed E-state index contributed by atoms with van der Waals surface area (Å²) in [5.41, 5.74) is 1.25. The van der Waals surface area contributed by atoms with E-state index in [1.165, 1.54) is 6.20 Å². The fraction of sp³-hybridized carbons (Fsp3) is 0.565. The zero-order valence-electron chi connectivity index (χ0n) is 18.7. The van der Waals surface area contributed by atoms with Gasteiger partial charge in [-0.3, -0.25) is 9.48 Å². The number of rotatable bonds is 5. The second kappa shape index (κ2) is 9.17. The second-order valence-corrected chi connectivity index (χ2v) is 9.28. The zero-order valence-corrected chi connectivity index (χ0v) is 18.7. The SMILES string of the molecule is CC1CCC(n2cc(NC(=O)c3cnn4ccc(C5CCNCC5)nc34)c(C(F)F)n2)CC1. The van der Waals surface area contributed by atoms with E-state index in [4.69, 9.17) is 4.98 Å². The number of piperidine rings is 1. The normalized spacial score (nSPS) is 22.2. The highest BCUT2D eigenvalue weighted by atomic mass is 19.3. The number of carbonyl (C=O) groups excluding carboxylic acids is 1. The summed E-state index contributed by atoms with van der Waals surface area (Å²) in [7, 11) is 0. The molecular weight excluding hydrogens is 428 g/mol. The number of carbonyl (C=O) groups is 1. The lowest BCUT2D eigenvalue weighted by molar-refractivity contribution is 0.102. The first-order valence-corrected chi connectivity index (χ1v) is 11.7. The van der Waals surface area contributed by atoms with E-state index in [1.54, 1.807) is 21.6 Å². The molecule has 3 aromatic heterocycles. The summed E-state index contributed by atoms with van der Waals surface area (Å²) in [6.45, 7) is 4.07. The second-order valence-electron chi connectivity index (χ2n) is 9.28. The molecule has 0 aromatic carbocycles. The summed E-state index contributed by atoms with van der Waals surface area (Å²) in [6, 6.07) is 2.01. The molecule has 0 radical (unpaired) electrons. The van der Waals surface area contributed by atoms with Gasteiger partial charge in [-0.25, -0.2) is 18.3 Å². The van der Waals surface area contributed by atoms with Gasteiger partial charge in [-0.15, -0.1) is 0 Å². The Kier molecular flexibility index (Phi) is 6.09. The van der Waals surface area contributed by atoms with Gasteiger partial charge in [0.1, 0.15) is 5.56 Å². The maximum absolute atomic E-state index is 13.7. The predicted octanol–water partition coefficient (Wildman–Crippen LogP) is 4.33. The van der Waals surface area contributed by atoms with E-state index in [2.05, 4.69) is 27.8 Å². The Morgan fingerprint density at radius 1 is 1.18 bits per heavy atom. The number of hydrogen-bond acceptors (Lipinski definition) is 5. The van der Waals surface area contributed by atoms with Crippen LogP contribution >= 0.6 is 0 Å². The predicted molar refractivity (Wildman–Crippen MR) is 120 cm³/mol. The summed E-state index contributed by atoms with van der Waals surface area (Å²) in [4.78, 5) is 17.8. The number of amides is 1. The van der Waals surface area contributed by atoms with E-state index in [9.17, 15) is 13.6 Å². The zero-order chi connectivity index (χ0) is 22.9. The van der Waals surface area contributed by atoms with Gasteiger partial charge in [0.15, 0.2) is 11.3 Å². The maximum Gasteiger partial charge on any atom is 0.284 e. The van der Waals surface area contributed by atoms with Crippen molar-refractivity contribution in [3.05, 3.63) is 41.6 Å². The third-order valence-electron chi connectivity index (χ3n) is 6.97. The van der Waals surface area contributed by atoms with Crippen molar-refractivity contribution >= 4 is 17.2 Å². The monoisotopic (exact) mass is 457 g/mol. The van der Waals surface area contributed by atoms with Crippen molar-refractivity contribution in [1.82, 2.24) is 29.7 Å². The van der Waals surface area contributed by atoms with Gasteiger partial charge in [-0.05, 0) is 63.6 Å². The lowest BCUT2D eigenvalue weighted by atomic mass is 9.87. The number of nitrogens with one attached hydrogen (secondary N) is 2. The number of aromatic nitrogens is 5. The van der Waals surface area contributed by atoms with Gasteiger partial charge in [0.05, 0.1) is 17.9 Å². The summed E-state index contributed by atoms with van der Waals surface area (Å²) < 4.78 is 30.6. The van der Waals surface area contributed by atoms with Gasteiger partial charge < -0.3 is 10.6 Å². The summed E-state index contributed by atoms with van der Waals surface area (Å²) >= 11 is 0. The van der Waals surface area contributed by atoms with Gasteiger partial charge in [-0.2, -0.15) is 10.2 Å². The molecule has 8 nitrogen and oxygen atoms in total. The van der Waals surface area contributed by atoms with Crippen molar-refractivity contribution in [2.75, 3.05) is 18.4 Å². The Balaban J connectivity index is 1.40. The molecule has 1 amide bonds. The number of halogens is 2. The Morgan fingerprint density at radius 2 is 1.94 bits per heavy atom. The molecule has 2 N–H and O–H groups in total. The van der Waals surface area contributed by atoms with E-state index < -0.39 is 18.0 Å². The Hall–Kier alpha value is -2.88. The van der Waals surface area contributed by atoms with Crippen molar-refractivity contribution in [3.8, 4) is 0 Å². The largest absolute Gasteiger partial charge is 0.319 e. The Morgan fingerprint density at radius 3 is 2.67 bits per heavy atom. The molecule has 0 bridgehead atoms. The topological polar surface area (TPSA) is 89.1 Å². The number of fused-ring (bicyclic) bond motifs is 1. The van der Waals surface area contributed by atoms with Crippen LogP contribution in [0.25, 0.3) is 5.65 Å². The molecule has 0 unspecified atom stereocenters. The molecule has 0 atom stereocenters. The molecule has 1 saturated carbocycles. The number of alkyl halides is 2. The van der Waals surface area contributed by atoms with Crippen molar-refractivity contribution in [2.45, 2.75) is 63.8 Å². The van der Waals surface area contributed by atoms with Crippen LogP contribution < -0.4 is 10.6 Å². The Labute approximate surface area is 190 Å². The van der Waals surface area contributed by atoms with Crippen LogP contribution in [0.3, 0.4) is 0 Å². The molecule has 0 spiro atoms. The standard InChI is InChI=1S/C23H29F2N7O/c1-14-2-4-16(5-3-14)32-13-19(20(30-32)21(24)25)29-23(33)17-12-27-31-11-8-18(28-22(17)31)15-6-9-26-10-7-15/h8,11-16,21,26H,2-7,9-10H2,1H3,(H,29,33). The van der Waals surface area contributed by atoms with Crippen LogP contribution in [0.15, 0.2) is 24.7 Å². The molecule has 176 valence electrons. The van der Waals surface area contributed by atoms with E-state index in [-0.39, 0.29) is 17.3 Å². The molecule has 5 rings (SSSR count). The van der Waals surface area contributed by atoms with Crippen LogP contribution in [0, 0.1) is 5.92 Å². The molecule has 3 aromatic rings. The fourth-order valence-electron chi connectivity index (χ4n) is 4.93. The molecule has 10 heteroatoms. The molecule has 1 saturated heterocycles. The van der Waals surface area contributed by atoms with Crippen molar-refractivity contribution in [2.24, 2.45) is 5.92 Å². The molecular formula is C23H29F2N7O. The van der Waals surface area contributed by atoms with Crippen LogP contribution in [-0.2, 0) is 0 Å². The number of anilines is 1. The van der Waals surface area contributed by atoms with Gasteiger partial charge in [0.25, 0.3) is 12.3 Å². The molecule has 2 fully saturated rings. The minimum Gasteiger partial charge on any atom is -0.319 e. The number of nitrogens with zero attached hydrogens (tertiary/aromatic N) is 5. The summed E-state index contributed by atoms with van der Waals surface area (Å²) in [5, 5.41) is 14.3. The van der Waals surface area contributed by atoms with Crippen LogP contribution in [-0.4, -0.2) is 43.4 Å². The lowest BCUT2D eigenvalue weighted by Crippen LogP contribution is -2.27. The van der Waals surface area contributed by atoms with Crippen molar-refractivity contribution in [3.63, 3.8) is 0 Å². The van der Waals surface area contributed by atoms with Gasteiger partial charge in [0.2, 0.25) is 0 Å². The van der Waals surface area contributed by atoms with Crippen molar-refractivity contribution < 1.29 is 13.6 Å². The highest BCUT2D eigenvalue weighted by molar-refractivity contribution is 6.08. The average Bonchev–Trinajstić information content (AvgIpc) is 3.44. The molecule has 33 heavy (non-hydrogen) atoms. The molecule has 1 aliphatic carbocycles. The third-order valence-corrected chi connectivity index (χ3v) is 6.97. The van der Waals surface area contributed by atoms with Crippen molar-refractivity contribution in [1.29, 1.82) is 0 Å². The smallest absolute Gasteiger partial charge is 0.284 e. The van der Waals surface area contributed by atoms with Gasteiger partial charge in [0, 0.05) is 24.0 Å². The molecule has 1 aliphatic heterocycles. The van der Waals surface area contributed by atoms with Crippen LogP contribution in [0.2, 0.25) is 0 Å². The molecule has 4 heterocycles. The lowest BCUT2D eigenvalue weighted by Gasteiger charge is -2.26. The highest BCUT2D eigenvalue weighted by Gasteiger charge is 2.27. The van der Waals surface area contributed by atoms with Crippen LogP contribution in [0.1, 0.15) is 85.6 Å².